The summed E-state index contributed by atoms with van der Waals surface area (Å²) in [6.07, 6.45) is 20.7. The van der Waals surface area contributed by atoms with E-state index in [2.05, 4.69) is 34.5 Å². The summed E-state index contributed by atoms with van der Waals surface area (Å²) in [7, 11) is 4.46. The lowest BCUT2D eigenvalue weighted by atomic mass is 10.0. The van der Waals surface area contributed by atoms with Crippen molar-refractivity contribution in [1.82, 2.24) is 0 Å². The maximum absolute atomic E-state index is 11.1. The van der Waals surface area contributed by atoms with Gasteiger partial charge in [-0.2, -0.15) is 0 Å². The van der Waals surface area contributed by atoms with Crippen LogP contribution in [0.3, 0.4) is 0 Å². The van der Waals surface area contributed by atoms with Gasteiger partial charge in [-0.25, -0.2) is 4.79 Å². The first-order valence-electron chi connectivity index (χ1n) is 11.6. The molecule has 0 heterocycles. The van der Waals surface area contributed by atoms with Crippen LogP contribution in [-0.2, 0) is 9.53 Å². The molecule has 1 atom stereocenters. The first-order chi connectivity index (χ1) is 12.9. The van der Waals surface area contributed by atoms with Crippen molar-refractivity contribution in [3.63, 3.8) is 0 Å². The van der Waals surface area contributed by atoms with Crippen LogP contribution in [-0.4, -0.2) is 43.7 Å². The summed E-state index contributed by atoms with van der Waals surface area (Å²) in [5, 5.41) is 0. The number of hydrogen-bond acceptors (Lipinski definition) is 2. The van der Waals surface area contributed by atoms with Crippen LogP contribution < -0.4 is 17.0 Å². The predicted octanol–water partition coefficient (Wildman–Crippen LogP) is 3.67. The van der Waals surface area contributed by atoms with E-state index in [1.165, 1.54) is 96.0 Å². The van der Waals surface area contributed by atoms with E-state index in [0.29, 0.717) is 12.6 Å². The molecule has 0 radical (unpaired) electrons. The molecular formula is C24H48BrNO2. The SMILES string of the molecule is C=CC(=O)OCC[N+](C)(C)C(C)CCCCCCCCCCCCCCC.[Br-]. The molecule has 0 aliphatic rings. The molecule has 0 N–H and O–H groups in total. The van der Waals surface area contributed by atoms with Crippen molar-refractivity contribution in [2.45, 2.75) is 110 Å². The Bertz CT molecular complexity index is 372. The molecule has 0 fully saturated rings. The zero-order chi connectivity index (χ0) is 20.4. The minimum absolute atomic E-state index is 0. The number of unbranched alkanes of at least 4 members (excludes halogenated alkanes) is 12. The van der Waals surface area contributed by atoms with E-state index < -0.39 is 0 Å². The minimum Gasteiger partial charge on any atom is -1.00 e. The normalized spacial score (nSPS) is 12.3. The van der Waals surface area contributed by atoms with Gasteiger partial charge in [0, 0.05) is 6.08 Å². The molecule has 0 saturated heterocycles. The fourth-order valence-corrected chi connectivity index (χ4v) is 3.47. The Morgan fingerprint density at radius 3 is 1.75 bits per heavy atom. The third kappa shape index (κ3) is 17.7. The van der Waals surface area contributed by atoms with Crippen molar-refractivity contribution in [3.05, 3.63) is 12.7 Å². The average molecular weight is 463 g/mol. The highest BCUT2D eigenvalue weighted by Crippen LogP contribution is 2.16. The molecule has 0 bridgehead atoms. The maximum atomic E-state index is 11.1. The maximum Gasteiger partial charge on any atom is 0.330 e. The monoisotopic (exact) mass is 461 g/mol. The number of quaternary nitrogens is 1. The number of halogens is 1. The quantitative estimate of drug-likeness (QED) is 0.127. The van der Waals surface area contributed by atoms with E-state index >= 15 is 0 Å². The standard InChI is InChI=1S/C24H48NO2.BrH/c1-6-8-9-10-11-12-13-14-15-16-17-18-19-20-23(3)25(4,5)21-22-27-24(26)7-2;/h7,23H,2,6,8-22H2,1,3-5H3;1H/q+1;/p-1. The first-order valence-corrected chi connectivity index (χ1v) is 11.6. The van der Waals surface area contributed by atoms with Gasteiger partial charge in [0.1, 0.15) is 13.2 Å². The van der Waals surface area contributed by atoms with E-state index in [9.17, 15) is 4.79 Å². The Kier molecular flexibility index (Phi) is 21.3. The van der Waals surface area contributed by atoms with Gasteiger partial charge in [-0.15, -0.1) is 0 Å². The zero-order valence-corrected chi connectivity index (χ0v) is 20.9. The number of esters is 1. The lowest BCUT2D eigenvalue weighted by molar-refractivity contribution is -0.913. The second kappa shape index (κ2) is 19.9. The fraction of sp³-hybridized carbons (Fsp3) is 0.875. The molecule has 0 rings (SSSR count). The van der Waals surface area contributed by atoms with Crippen molar-refractivity contribution in [2.24, 2.45) is 0 Å². The highest BCUT2D eigenvalue weighted by atomic mass is 79.9. The zero-order valence-electron chi connectivity index (χ0n) is 19.3. The van der Waals surface area contributed by atoms with E-state index in [1.54, 1.807) is 0 Å². The van der Waals surface area contributed by atoms with Crippen LogP contribution >= 0.6 is 0 Å². The predicted molar refractivity (Wildman–Crippen MR) is 118 cm³/mol. The van der Waals surface area contributed by atoms with Gasteiger partial charge in [0.25, 0.3) is 0 Å². The first kappa shape index (κ1) is 29.8. The molecule has 168 valence electrons. The molecule has 3 nitrogen and oxygen atoms in total. The molecule has 0 aliphatic carbocycles. The summed E-state index contributed by atoms with van der Waals surface area (Å²) >= 11 is 0. The van der Waals surface area contributed by atoms with Crippen molar-refractivity contribution in [3.8, 4) is 0 Å². The van der Waals surface area contributed by atoms with Gasteiger partial charge in [-0.05, 0) is 19.8 Å². The third-order valence-corrected chi connectivity index (χ3v) is 6.00. The van der Waals surface area contributed by atoms with Crippen LogP contribution in [0.1, 0.15) is 104 Å². The fourth-order valence-electron chi connectivity index (χ4n) is 3.47. The van der Waals surface area contributed by atoms with E-state index in [1.807, 2.05) is 0 Å². The largest absolute Gasteiger partial charge is 1.00 e. The highest BCUT2D eigenvalue weighted by molar-refractivity contribution is 5.81. The van der Waals surface area contributed by atoms with Crippen LogP contribution in [0.2, 0.25) is 0 Å². The molecule has 0 aromatic carbocycles. The van der Waals surface area contributed by atoms with Crippen LogP contribution in [0.25, 0.3) is 0 Å². The van der Waals surface area contributed by atoms with Crippen molar-refractivity contribution in [1.29, 1.82) is 0 Å². The van der Waals surface area contributed by atoms with Crippen LogP contribution in [0.5, 0.6) is 0 Å². The van der Waals surface area contributed by atoms with Gasteiger partial charge in [0.15, 0.2) is 0 Å². The van der Waals surface area contributed by atoms with Crippen LogP contribution in [0, 0.1) is 0 Å². The second-order valence-corrected chi connectivity index (χ2v) is 8.75. The van der Waals surface area contributed by atoms with Gasteiger partial charge in [-0.3, -0.25) is 0 Å². The number of likely N-dealkylation sites (N-methyl/N-ethyl adjacent to an activating group) is 1. The molecule has 0 aliphatic heterocycles. The van der Waals surface area contributed by atoms with E-state index in [-0.39, 0.29) is 23.0 Å². The van der Waals surface area contributed by atoms with Crippen molar-refractivity contribution >= 4 is 5.97 Å². The van der Waals surface area contributed by atoms with E-state index in [0.717, 1.165) is 11.0 Å². The van der Waals surface area contributed by atoms with Gasteiger partial charge in [-0.1, -0.05) is 90.6 Å². The number of carbonyl (C=O) groups excluding carboxylic acids is 1. The molecule has 0 amide bonds. The molecular weight excluding hydrogens is 414 g/mol. The smallest absolute Gasteiger partial charge is 0.330 e. The minimum atomic E-state index is -0.320. The number of hydrogen-bond donors (Lipinski definition) is 0. The molecule has 28 heavy (non-hydrogen) atoms. The Balaban J connectivity index is 0. The lowest BCUT2D eigenvalue weighted by Gasteiger charge is -2.36. The number of rotatable bonds is 19. The topological polar surface area (TPSA) is 26.3 Å². The average Bonchev–Trinajstić information content (AvgIpc) is 2.64. The Morgan fingerprint density at radius 2 is 1.32 bits per heavy atom. The summed E-state index contributed by atoms with van der Waals surface area (Å²) in [6.45, 7) is 9.36. The van der Waals surface area contributed by atoms with Crippen molar-refractivity contribution in [2.75, 3.05) is 27.2 Å². The molecule has 0 aromatic heterocycles. The summed E-state index contributed by atoms with van der Waals surface area (Å²) in [4.78, 5) is 11.1. The molecule has 0 spiro atoms. The summed E-state index contributed by atoms with van der Waals surface area (Å²) in [5.74, 6) is -0.320. The van der Waals surface area contributed by atoms with Crippen molar-refractivity contribution < 1.29 is 31.0 Å². The lowest BCUT2D eigenvalue weighted by Crippen LogP contribution is -3.00. The van der Waals surface area contributed by atoms with Gasteiger partial charge in [0.05, 0.1) is 20.1 Å². The van der Waals surface area contributed by atoms with Gasteiger partial charge in [0.2, 0.25) is 0 Å². The molecule has 4 heteroatoms. The number of nitrogens with zero attached hydrogens (tertiary/aromatic N) is 1. The number of ether oxygens (including phenoxy) is 1. The van der Waals surface area contributed by atoms with Gasteiger partial charge < -0.3 is 26.2 Å². The molecule has 1 unspecified atom stereocenters. The Hall–Kier alpha value is -0.350. The van der Waals surface area contributed by atoms with Crippen LogP contribution in [0.15, 0.2) is 12.7 Å². The number of carbonyl (C=O) groups is 1. The summed E-state index contributed by atoms with van der Waals surface area (Å²) in [6, 6.07) is 0.597. The Morgan fingerprint density at radius 1 is 0.893 bits per heavy atom. The second-order valence-electron chi connectivity index (χ2n) is 8.75. The molecule has 0 saturated carbocycles. The molecule has 0 aromatic rings. The summed E-state index contributed by atoms with van der Waals surface area (Å²) in [5.41, 5.74) is 0. The third-order valence-electron chi connectivity index (χ3n) is 6.00. The van der Waals surface area contributed by atoms with Gasteiger partial charge >= 0.3 is 5.97 Å². The highest BCUT2D eigenvalue weighted by Gasteiger charge is 2.23. The van der Waals surface area contributed by atoms with Crippen LogP contribution in [0.4, 0.5) is 0 Å². The van der Waals surface area contributed by atoms with E-state index in [4.69, 9.17) is 4.74 Å². The Labute approximate surface area is 186 Å². The summed E-state index contributed by atoms with van der Waals surface area (Å²) < 4.78 is 6.03.